The Bertz CT molecular complexity index is 1370. The Morgan fingerprint density at radius 2 is 2.00 bits per heavy atom. The van der Waals surface area contributed by atoms with Crippen molar-refractivity contribution in [1.29, 1.82) is 0 Å². The second kappa shape index (κ2) is 9.53. The Morgan fingerprint density at radius 3 is 2.66 bits per heavy atom. The molecule has 0 fully saturated rings. The summed E-state index contributed by atoms with van der Waals surface area (Å²) in [7, 11) is 1.83. The van der Waals surface area contributed by atoms with Gasteiger partial charge in [0, 0.05) is 30.6 Å². The highest BCUT2D eigenvalue weighted by molar-refractivity contribution is 6.34. The average Bonchev–Trinajstić information content (AvgIpc) is 3.45. The average molecular weight is 495 g/mol. The number of benzene rings is 1. The van der Waals surface area contributed by atoms with Crippen LogP contribution in [0.25, 0.3) is 11.4 Å². The van der Waals surface area contributed by atoms with Crippen LogP contribution >= 0.6 is 11.6 Å². The second-order valence-corrected chi connectivity index (χ2v) is 9.88. The predicted molar refractivity (Wildman–Crippen MR) is 132 cm³/mol. The summed E-state index contributed by atoms with van der Waals surface area (Å²) in [4.78, 5) is 30.0. The highest BCUT2D eigenvalue weighted by atomic mass is 35.5. The van der Waals surface area contributed by atoms with Crippen LogP contribution in [-0.4, -0.2) is 40.7 Å². The molecule has 4 rings (SSSR count). The largest absolute Gasteiger partial charge is 0.331 e. The van der Waals surface area contributed by atoms with Gasteiger partial charge in [-0.15, -0.1) is 0 Å². The first-order valence-electron chi connectivity index (χ1n) is 11.1. The van der Waals surface area contributed by atoms with Crippen molar-refractivity contribution in [2.24, 2.45) is 7.05 Å². The summed E-state index contributed by atoms with van der Waals surface area (Å²) in [6.45, 7) is 9.78. The normalized spacial score (nSPS) is 12.5. The molecule has 4 aromatic rings. The number of nitrogens with zero attached hydrogens (tertiary/aromatic N) is 7. The monoisotopic (exact) mass is 494 g/mol. The van der Waals surface area contributed by atoms with Gasteiger partial charge in [-0.25, -0.2) is 9.97 Å². The van der Waals surface area contributed by atoms with Crippen LogP contribution in [0, 0.1) is 6.92 Å². The highest BCUT2D eigenvalue weighted by Crippen LogP contribution is 2.35. The first-order chi connectivity index (χ1) is 16.5. The maximum atomic E-state index is 12.8. The van der Waals surface area contributed by atoms with E-state index in [1.54, 1.807) is 10.9 Å². The summed E-state index contributed by atoms with van der Waals surface area (Å²) in [5.41, 5.74) is 2.94. The van der Waals surface area contributed by atoms with Crippen LogP contribution in [0.15, 0.2) is 35.4 Å². The molecular formula is C24H27ClN8O2. The summed E-state index contributed by atoms with van der Waals surface area (Å²) in [5.74, 6) is 1.04. The lowest BCUT2D eigenvalue weighted by Crippen LogP contribution is -2.14. The van der Waals surface area contributed by atoms with Crippen LogP contribution in [0.1, 0.15) is 67.7 Å². The first kappa shape index (κ1) is 24.5. The zero-order chi connectivity index (χ0) is 25.3. The third-order valence-corrected chi connectivity index (χ3v) is 6.05. The summed E-state index contributed by atoms with van der Waals surface area (Å²) in [6, 6.07) is 3.81. The quantitative estimate of drug-likeness (QED) is 0.352. The number of ketones is 1. The molecule has 1 aromatic carbocycles. The molecule has 11 heteroatoms. The summed E-state index contributed by atoms with van der Waals surface area (Å²) in [6.07, 6.45) is 5.14. The van der Waals surface area contributed by atoms with Crippen molar-refractivity contribution in [3.63, 3.8) is 0 Å². The molecule has 0 bridgehead atoms. The zero-order valence-corrected chi connectivity index (χ0v) is 21.3. The Hall–Kier alpha value is -3.66. The smallest absolute Gasteiger partial charge is 0.294 e. The van der Waals surface area contributed by atoms with E-state index in [1.165, 1.54) is 6.33 Å². The highest BCUT2D eigenvalue weighted by Gasteiger charge is 2.25. The van der Waals surface area contributed by atoms with Gasteiger partial charge in [0.1, 0.15) is 6.33 Å². The number of hydrogen-bond donors (Lipinski definition) is 1. The number of hydrogen-bond acceptors (Lipinski definition) is 9. The number of anilines is 2. The zero-order valence-electron chi connectivity index (χ0n) is 20.5. The van der Waals surface area contributed by atoms with E-state index in [0.29, 0.717) is 28.2 Å². The molecule has 3 heterocycles. The van der Waals surface area contributed by atoms with Crippen molar-refractivity contribution in [3.8, 4) is 11.4 Å². The topological polar surface area (TPSA) is 125 Å². The fourth-order valence-electron chi connectivity index (χ4n) is 3.62. The summed E-state index contributed by atoms with van der Waals surface area (Å²) >= 11 is 6.74. The minimum absolute atomic E-state index is 0.0287. The molecule has 0 aliphatic rings. The molecule has 0 aliphatic carbocycles. The van der Waals surface area contributed by atoms with Crippen LogP contribution in [0.3, 0.4) is 0 Å². The molecule has 182 valence electrons. The molecule has 0 unspecified atom stereocenters. The number of aryl methyl sites for hydroxylation is 1. The van der Waals surface area contributed by atoms with Gasteiger partial charge in [-0.2, -0.15) is 15.1 Å². The van der Waals surface area contributed by atoms with Crippen molar-refractivity contribution in [1.82, 2.24) is 34.9 Å². The van der Waals surface area contributed by atoms with Gasteiger partial charge >= 0.3 is 0 Å². The van der Waals surface area contributed by atoms with Gasteiger partial charge < -0.3 is 9.84 Å². The fourth-order valence-corrected chi connectivity index (χ4v) is 3.88. The molecule has 1 N–H and O–H groups in total. The first-order valence-corrected chi connectivity index (χ1v) is 11.5. The Morgan fingerprint density at radius 1 is 1.23 bits per heavy atom. The minimum Gasteiger partial charge on any atom is -0.331 e. The van der Waals surface area contributed by atoms with Crippen LogP contribution < -0.4 is 5.32 Å². The van der Waals surface area contributed by atoms with Crippen LogP contribution in [0.5, 0.6) is 0 Å². The van der Waals surface area contributed by atoms with Gasteiger partial charge in [-0.3, -0.25) is 9.48 Å². The van der Waals surface area contributed by atoms with Crippen molar-refractivity contribution < 1.29 is 9.32 Å². The van der Waals surface area contributed by atoms with E-state index in [4.69, 9.17) is 16.1 Å². The maximum absolute atomic E-state index is 12.8. The molecule has 1 atom stereocenters. The summed E-state index contributed by atoms with van der Waals surface area (Å²) in [5, 5.41) is 11.7. The second-order valence-electron chi connectivity index (χ2n) is 9.50. The fraction of sp³-hybridized carbons (Fsp3) is 0.375. The van der Waals surface area contributed by atoms with E-state index in [-0.39, 0.29) is 29.4 Å². The number of carbonyl (C=O) groups is 1. The van der Waals surface area contributed by atoms with Gasteiger partial charge in [0.25, 0.3) is 5.89 Å². The van der Waals surface area contributed by atoms with Gasteiger partial charge in [-0.1, -0.05) is 50.5 Å². The SMILES string of the molecule is Cc1c([C@@H](C)CC(=O)c2nc(C(C)(C)C)no2)ccc(-c2ncnc(Nc3cnn(C)c3)n2)c1Cl. The van der Waals surface area contributed by atoms with Gasteiger partial charge in [-0.05, 0) is 30.0 Å². The third kappa shape index (κ3) is 5.37. The maximum Gasteiger partial charge on any atom is 0.294 e. The lowest BCUT2D eigenvalue weighted by Gasteiger charge is -2.16. The van der Waals surface area contributed by atoms with E-state index in [2.05, 4.69) is 35.5 Å². The van der Waals surface area contributed by atoms with Crippen LogP contribution in [0.4, 0.5) is 11.6 Å². The Labute approximate surface area is 208 Å². The van der Waals surface area contributed by atoms with E-state index in [0.717, 1.165) is 16.8 Å². The van der Waals surface area contributed by atoms with E-state index in [1.807, 2.05) is 60.0 Å². The molecule has 0 saturated heterocycles. The van der Waals surface area contributed by atoms with E-state index >= 15 is 0 Å². The van der Waals surface area contributed by atoms with Crippen molar-refractivity contribution in [3.05, 3.63) is 58.7 Å². The number of carbonyl (C=O) groups excluding carboxylic acids is 1. The lowest BCUT2D eigenvalue weighted by atomic mass is 9.90. The minimum atomic E-state index is -0.296. The molecule has 0 amide bonds. The Balaban J connectivity index is 1.53. The molecule has 0 spiro atoms. The molecule has 0 radical (unpaired) electrons. The predicted octanol–water partition coefficient (Wildman–Crippen LogP) is 5.03. The van der Waals surface area contributed by atoms with Crippen molar-refractivity contribution in [2.75, 3.05) is 5.32 Å². The number of aromatic nitrogens is 7. The van der Waals surface area contributed by atoms with E-state index in [9.17, 15) is 4.79 Å². The number of halogens is 1. The lowest BCUT2D eigenvalue weighted by molar-refractivity contribution is 0.0932. The van der Waals surface area contributed by atoms with Crippen molar-refractivity contribution >= 4 is 29.0 Å². The molecule has 0 aliphatic heterocycles. The molecule has 10 nitrogen and oxygen atoms in total. The standard InChI is InChI=1S/C24H27ClN8O2/c1-13(9-18(34)21-31-22(32-35-21)24(3,4)5)16-7-8-17(19(25)14(16)2)20-26-12-27-23(30-20)29-15-10-28-33(6)11-15/h7-8,10-13H,9H2,1-6H3,(H,26,27,29,30)/t13-/m0/s1. The number of nitrogens with one attached hydrogen (secondary N) is 1. The van der Waals surface area contributed by atoms with Gasteiger partial charge in [0.05, 0.1) is 16.9 Å². The van der Waals surface area contributed by atoms with E-state index < -0.39 is 0 Å². The number of rotatable bonds is 7. The Kier molecular flexibility index (Phi) is 6.66. The number of Topliss-reactive ketones (excluding diaryl/α,β-unsaturated/α-hetero) is 1. The van der Waals surface area contributed by atoms with Crippen molar-refractivity contribution in [2.45, 2.75) is 52.4 Å². The molecule has 0 saturated carbocycles. The van der Waals surface area contributed by atoms with Gasteiger partial charge in [0.2, 0.25) is 11.7 Å². The molecule has 35 heavy (non-hydrogen) atoms. The van der Waals surface area contributed by atoms with Crippen LogP contribution in [-0.2, 0) is 12.5 Å². The third-order valence-electron chi connectivity index (χ3n) is 5.56. The molecule has 3 aromatic heterocycles. The van der Waals surface area contributed by atoms with Gasteiger partial charge in [0.15, 0.2) is 11.6 Å². The summed E-state index contributed by atoms with van der Waals surface area (Å²) < 4.78 is 6.88. The van der Waals surface area contributed by atoms with Crippen LogP contribution in [0.2, 0.25) is 5.02 Å². The molecular weight excluding hydrogens is 468 g/mol.